The normalized spacial score (nSPS) is 14.1. The van der Waals surface area contributed by atoms with Crippen molar-refractivity contribution in [2.75, 3.05) is 25.6 Å². The number of ether oxygens (including phenoxy) is 1. The summed E-state index contributed by atoms with van der Waals surface area (Å²) in [4.78, 5) is 36.7. The zero-order valence-electron chi connectivity index (χ0n) is 12.6. The third-order valence-corrected chi connectivity index (χ3v) is 4.16. The number of β-amino-alcohol motifs (C(OH)–C–C–N with tert-alkyl or cyclic N) is 1. The van der Waals surface area contributed by atoms with Crippen LogP contribution in [0.5, 0.6) is 0 Å². The molecule has 1 aliphatic rings. The number of esters is 1. The van der Waals surface area contributed by atoms with Crippen LogP contribution in [0.25, 0.3) is 0 Å². The van der Waals surface area contributed by atoms with E-state index in [2.05, 4.69) is 21.2 Å². The van der Waals surface area contributed by atoms with Gasteiger partial charge < -0.3 is 15.2 Å². The largest absolute Gasteiger partial charge is 0.465 e. The molecule has 0 fully saturated rings. The molecular formula is C15H15BrN2O5. The molecule has 0 radical (unpaired) electrons. The molecule has 0 bridgehead atoms. The summed E-state index contributed by atoms with van der Waals surface area (Å²) in [6.07, 6.45) is 1.14. The lowest BCUT2D eigenvalue weighted by molar-refractivity contribution is -0.137. The van der Waals surface area contributed by atoms with E-state index in [-0.39, 0.29) is 24.4 Å². The highest BCUT2D eigenvalue weighted by Gasteiger charge is 2.31. The van der Waals surface area contributed by atoms with E-state index in [9.17, 15) is 14.4 Å². The van der Waals surface area contributed by atoms with Crippen molar-refractivity contribution in [3.8, 4) is 0 Å². The van der Waals surface area contributed by atoms with Gasteiger partial charge in [-0.05, 0) is 24.6 Å². The van der Waals surface area contributed by atoms with Gasteiger partial charge in [-0.3, -0.25) is 14.5 Å². The van der Waals surface area contributed by atoms with Gasteiger partial charge in [0.05, 0.1) is 31.5 Å². The minimum absolute atomic E-state index is 0.0373. The van der Waals surface area contributed by atoms with Crippen LogP contribution in [0, 0.1) is 6.92 Å². The van der Waals surface area contributed by atoms with Crippen molar-refractivity contribution in [2.24, 2.45) is 0 Å². The van der Waals surface area contributed by atoms with Crippen LogP contribution in [0.3, 0.4) is 0 Å². The van der Waals surface area contributed by atoms with Crippen LogP contribution >= 0.6 is 15.9 Å². The van der Waals surface area contributed by atoms with Crippen molar-refractivity contribution in [1.29, 1.82) is 0 Å². The maximum atomic E-state index is 12.2. The van der Waals surface area contributed by atoms with E-state index in [1.807, 2.05) is 6.92 Å². The number of rotatable bonds is 5. The maximum absolute atomic E-state index is 12.2. The second kappa shape index (κ2) is 6.93. The van der Waals surface area contributed by atoms with Crippen LogP contribution in [0.1, 0.15) is 15.9 Å². The number of aliphatic hydroxyl groups is 1. The molecule has 122 valence electrons. The molecule has 8 heteroatoms. The summed E-state index contributed by atoms with van der Waals surface area (Å²) < 4.78 is 5.45. The first-order valence-electron chi connectivity index (χ1n) is 6.73. The average molecular weight is 383 g/mol. The fourth-order valence-electron chi connectivity index (χ4n) is 2.12. The number of imide groups is 1. The smallest absolute Gasteiger partial charge is 0.340 e. The van der Waals surface area contributed by atoms with Crippen LogP contribution in [-0.4, -0.2) is 48.1 Å². The first kappa shape index (κ1) is 17.2. The molecule has 1 aromatic rings. The standard InChI is InChI=1S/C15H15BrN2O5/c1-8-5-11(9(6-10(8)16)15(22)23-2)17-12-7-13(20)18(3-4-19)14(12)21/h5-7,17,19H,3-4H2,1-2H3. The highest BCUT2D eigenvalue weighted by atomic mass is 79.9. The first-order chi connectivity index (χ1) is 10.9. The summed E-state index contributed by atoms with van der Waals surface area (Å²) in [5, 5.41) is 11.7. The molecule has 1 aliphatic heterocycles. The fourth-order valence-corrected chi connectivity index (χ4v) is 2.46. The molecule has 1 aromatic carbocycles. The lowest BCUT2D eigenvalue weighted by Gasteiger charge is -2.15. The zero-order chi connectivity index (χ0) is 17.1. The number of anilines is 1. The lowest BCUT2D eigenvalue weighted by atomic mass is 10.1. The van der Waals surface area contributed by atoms with Gasteiger partial charge in [0.1, 0.15) is 5.70 Å². The SMILES string of the molecule is COC(=O)c1cc(Br)c(C)cc1NC1=CC(=O)N(CCO)C1=O. The van der Waals surface area contributed by atoms with Gasteiger partial charge in [-0.25, -0.2) is 4.79 Å². The number of amides is 2. The molecule has 2 rings (SSSR count). The monoisotopic (exact) mass is 382 g/mol. The van der Waals surface area contributed by atoms with E-state index < -0.39 is 17.8 Å². The van der Waals surface area contributed by atoms with Gasteiger partial charge in [-0.2, -0.15) is 0 Å². The Balaban J connectivity index is 2.35. The predicted molar refractivity (Wildman–Crippen MR) is 85.7 cm³/mol. The average Bonchev–Trinajstić information content (AvgIpc) is 2.78. The Morgan fingerprint density at radius 2 is 2.09 bits per heavy atom. The quantitative estimate of drug-likeness (QED) is 0.586. The zero-order valence-corrected chi connectivity index (χ0v) is 14.1. The highest BCUT2D eigenvalue weighted by molar-refractivity contribution is 9.10. The van der Waals surface area contributed by atoms with Crippen molar-refractivity contribution in [3.05, 3.63) is 39.5 Å². The number of aryl methyl sites for hydroxylation is 1. The summed E-state index contributed by atoms with van der Waals surface area (Å²) in [6.45, 7) is 1.43. The van der Waals surface area contributed by atoms with E-state index in [0.717, 1.165) is 16.5 Å². The van der Waals surface area contributed by atoms with Crippen molar-refractivity contribution in [2.45, 2.75) is 6.92 Å². The van der Waals surface area contributed by atoms with E-state index >= 15 is 0 Å². The lowest BCUT2D eigenvalue weighted by Crippen LogP contribution is -2.34. The van der Waals surface area contributed by atoms with Crippen molar-refractivity contribution in [3.63, 3.8) is 0 Å². The van der Waals surface area contributed by atoms with Gasteiger partial charge in [-0.15, -0.1) is 0 Å². The van der Waals surface area contributed by atoms with Crippen LogP contribution in [0.4, 0.5) is 5.69 Å². The van der Waals surface area contributed by atoms with E-state index in [0.29, 0.717) is 10.2 Å². The van der Waals surface area contributed by atoms with E-state index in [1.54, 1.807) is 12.1 Å². The van der Waals surface area contributed by atoms with Crippen molar-refractivity contribution >= 4 is 39.4 Å². The molecule has 23 heavy (non-hydrogen) atoms. The summed E-state index contributed by atoms with van der Waals surface area (Å²) >= 11 is 3.33. The molecule has 0 saturated heterocycles. The molecule has 2 N–H and O–H groups in total. The summed E-state index contributed by atoms with van der Waals surface area (Å²) in [7, 11) is 1.26. The Morgan fingerprint density at radius 3 is 2.70 bits per heavy atom. The van der Waals surface area contributed by atoms with Crippen LogP contribution in [0.15, 0.2) is 28.4 Å². The Labute approximate surface area is 141 Å². The minimum atomic E-state index is -0.571. The number of benzene rings is 1. The van der Waals surface area contributed by atoms with Crippen LogP contribution in [-0.2, 0) is 14.3 Å². The highest BCUT2D eigenvalue weighted by Crippen LogP contribution is 2.28. The van der Waals surface area contributed by atoms with Crippen molar-refractivity contribution in [1.82, 2.24) is 4.90 Å². The third kappa shape index (κ3) is 3.43. The van der Waals surface area contributed by atoms with Gasteiger partial charge in [-0.1, -0.05) is 15.9 Å². The molecule has 2 amide bonds. The summed E-state index contributed by atoms with van der Waals surface area (Å²) in [5.41, 5.74) is 1.46. The molecule has 0 saturated carbocycles. The molecule has 7 nitrogen and oxygen atoms in total. The van der Waals surface area contributed by atoms with Gasteiger partial charge in [0.2, 0.25) is 0 Å². The number of hydrogen-bond acceptors (Lipinski definition) is 6. The number of nitrogens with zero attached hydrogens (tertiary/aromatic N) is 1. The molecule has 0 aliphatic carbocycles. The van der Waals surface area contributed by atoms with Gasteiger partial charge >= 0.3 is 5.97 Å². The van der Waals surface area contributed by atoms with Crippen LogP contribution in [0.2, 0.25) is 0 Å². The van der Waals surface area contributed by atoms with Crippen molar-refractivity contribution < 1.29 is 24.2 Å². The maximum Gasteiger partial charge on any atom is 0.340 e. The predicted octanol–water partition coefficient (Wildman–Crippen LogP) is 1.20. The number of hydrogen-bond donors (Lipinski definition) is 2. The molecule has 0 atom stereocenters. The third-order valence-electron chi connectivity index (χ3n) is 3.31. The van der Waals surface area contributed by atoms with E-state index in [1.165, 1.54) is 7.11 Å². The number of carbonyl (C=O) groups is 3. The Hall–Kier alpha value is -2.19. The molecular weight excluding hydrogens is 368 g/mol. The molecule has 0 aromatic heterocycles. The number of nitrogens with one attached hydrogen (secondary N) is 1. The summed E-state index contributed by atoms with van der Waals surface area (Å²) in [5.74, 6) is -1.64. The Bertz CT molecular complexity index is 714. The first-order valence-corrected chi connectivity index (χ1v) is 7.52. The van der Waals surface area contributed by atoms with Crippen LogP contribution < -0.4 is 5.32 Å². The van der Waals surface area contributed by atoms with Gasteiger partial charge in [0.25, 0.3) is 11.8 Å². The number of aliphatic hydroxyl groups excluding tert-OH is 1. The second-order valence-corrected chi connectivity index (χ2v) is 5.69. The molecule has 1 heterocycles. The van der Waals surface area contributed by atoms with Gasteiger partial charge in [0.15, 0.2) is 0 Å². The van der Waals surface area contributed by atoms with E-state index in [4.69, 9.17) is 9.84 Å². The Morgan fingerprint density at radius 1 is 1.39 bits per heavy atom. The minimum Gasteiger partial charge on any atom is -0.465 e. The molecule has 0 unspecified atom stereocenters. The summed E-state index contributed by atoms with van der Waals surface area (Å²) in [6, 6.07) is 3.25. The topological polar surface area (TPSA) is 95.9 Å². The molecule has 0 spiro atoms. The Kier molecular flexibility index (Phi) is 5.17. The number of methoxy groups -OCH3 is 1. The number of halogens is 1. The second-order valence-electron chi connectivity index (χ2n) is 4.84. The fraction of sp³-hybridized carbons (Fsp3) is 0.267. The number of carbonyl (C=O) groups excluding carboxylic acids is 3. The van der Waals surface area contributed by atoms with Gasteiger partial charge in [0, 0.05) is 10.5 Å².